The predicted molar refractivity (Wildman–Crippen MR) is 80.0 cm³/mol. The zero-order chi connectivity index (χ0) is 14.8. The molecular formula is C13H16N8. The molecule has 3 rings (SSSR count). The van der Waals surface area contributed by atoms with Crippen LogP contribution in [-0.4, -0.2) is 37.0 Å². The largest absolute Gasteiger partial charge is 0.373 e. The van der Waals surface area contributed by atoms with E-state index in [4.69, 9.17) is 0 Å². The van der Waals surface area contributed by atoms with Crippen LogP contribution in [0, 0.1) is 13.8 Å². The van der Waals surface area contributed by atoms with Crippen LogP contribution in [-0.2, 0) is 0 Å². The van der Waals surface area contributed by atoms with Crippen molar-refractivity contribution in [1.29, 1.82) is 0 Å². The van der Waals surface area contributed by atoms with Crippen molar-refractivity contribution in [2.75, 3.05) is 17.7 Å². The number of hydrogen-bond acceptors (Lipinski definition) is 6. The summed E-state index contributed by atoms with van der Waals surface area (Å²) in [5.74, 6) is 3.71. The third-order valence-electron chi connectivity index (χ3n) is 2.89. The van der Waals surface area contributed by atoms with Crippen LogP contribution < -0.4 is 10.6 Å². The normalized spacial score (nSPS) is 10.6. The molecule has 0 bridgehead atoms. The van der Waals surface area contributed by atoms with Crippen molar-refractivity contribution in [1.82, 2.24) is 29.9 Å². The first-order valence-corrected chi connectivity index (χ1v) is 6.52. The van der Waals surface area contributed by atoms with E-state index in [-0.39, 0.29) is 0 Å². The van der Waals surface area contributed by atoms with E-state index in [0.717, 1.165) is 23.1 Å². The maximum atomic E-state index is 4.48. The van der Waals surface area contributed by atoms with Gasteiger partial charge < -0.3 is 10.6 Å². The number of anilines is 3. The Balaban J connectivity index is 2.04. The lowest BCUT2D eigenvalue weighted by atomic mass is 10.4. The highest BCUT2D eigenvalue weighted by Crippen LogP contribution is 2.20. The lowest BCUT2D eigenvalue weighted by Gasteiger charge is -2.09. The summed E-state index contributed by atoms with van der Waals surface area (Å²) in [5, 5.41) is 17.5. The van der Waals surface area contributed by atoms with Crippen LogP contribution >= 0.6 is 0 Å². The Kier molecular flexibility index (Phi) is 3.27. The first-order chi connectivity index (χ1) is 10.2. The fraction of sp³-hybridized carbons (Fsp3) is 0.231. The standard InChI is InChI=1S/C13H16N8/c1-8-6-12(18-10-4-5-15-19-10)21(20-8)13-7-11(14-3)16-9(2)17-13/h4-7H,1-3H3,(H,14,16,17)(H2,15,18,19). The van der Waals surface area contributed by atoms with Crippen molar-refractivity contribution in [2.45, 2.75) is 13.8 Å². The molecule has 0 saturated carbocycles. The van der Waals surface area contributed by atoms with Gasteiger partial charge in [-0.1, -0.05) is 0 Å². The minimum Gasteiger partial charge on any atom is -0.373 e. The quantitative estimate of drug-likeness (QED) is 0.676. The second-order valence-corrected chi connectivity index (χ2v) is 4.59. The highest BCUT2D eigenvalue weighted by Gasteiger charge is 2.11. The molecule has 0 aliphatic heterocycles. The molecule has 3 N–H and O–H groups in total. The van der Waals surface area contributed by atoms with E-state index < -0.39 is 0 Å². The van der Waals surface area contributed by atoms with Crippen molar-refractivity contribution in [3.63, 3.8) is 0 Å². The number of rotatable bonds is 4. The minimum absolute atomic E-state index is 0.678. The van der Waals surface area contributed by atoms with Gasteiger partial charge in [0.05, 0.1) is 11.9 Å². The molecule has 21 heavy (non-hydrogen) atoms. The molecule has 0 spiro atoms. The lowest BCUT2D eigenvalue weighted by Crippen LogP contribution is -2.08. The van der Waals surface area contributed by atoms with Gasteiger partial charge in [0.25, 0.3) is 0 Å². The Morgan fingerprint density at radius 1 is 1.19 bits per heavy atom. The number of H-pyrrole nitrogens is 1. The summed E-state index contributed by atoms with van der Waals surface area (Å²) in [6.07, 6.45) is 1.68. The van der Waals surface area contributed by atoms with Gasteiger partial charge in [0.1, 0.15) is 23.3 Å². The van der Waals surface area contributed by atoms with Gasteiger partial charge >= 0.3 is 0 Å². The van der Waals surface area contributed by atoms with Crippen LogP contribution in [0.3, 0.4) is 0 Å². The summed E-state index contributed by atoms with van der Waals surface area (Å²) in [7, 11) is 1.82. The number of aryl methyl sites for hydroxylation is 2. The molecule has 0 aliphatic rings. The predicted octanol–water partition coefficient (Wildman–Crippen LogP) is 1.79. The van der Waals surface area contributed by atoms with Crippen LogP contribution in [0.15, 0.2) is 24.4 Å². The van der Waals surface area contributed by atoms with Gasteiger partial charge in [-0.2, -0.15) is 14.9 Å². The second-order valence-electron chi connectivity index (χ2n) is 4.59. The molecule has 108 valence electrons. The van der Waals surface area contributed by atoms with Gasteiger partial charge in [-0.3, -0.25) is 5.10 Å². The highest BCUT2D eigenvalue weighted by atomic mass is 15.4. The molecule has 0 aromatic carbocycles. The van der Waals surface area contributed by atoms with Gasteiger partial charge in [0.15, 0.2) is 5.82 Å². The van der Waals surface area contributed by atoms with E-state index in [9.17, 15) is 0 Å². The number of nitrogens with one attached hydrogen (secondary N) is 3. The number of hydrogen-bond donors (Lipinski definition) is 3. The van der Waals surface area contributed by atoms with Crippen LogP contribution in [0.1, 0.15) is 11.5 Å². The molecule has 0 aliphatic carbocycles. The first-order valence-electron chi connectivity index (χ1n) is 6.52. The number of nitrogens with zero attached hydrogens (tertiary/aromatic N) is 5. The molecule has 0 atom stereocenters. The van der Waals surface area contributed by atoms with Crippen molar-refractivity contribution in [2.24, 2.45) is 0 Å². The molecule has 0 unspecified atom stereocenters. The SMILES string of the molecule is CNc1cc(-n2nc(C)cc2Nc2ccn[nH]2)nc(C)n1. The Morgan fingerprint density at radius 2 is 2.05 bits per heavy atom. The topological polar surface area (TPSA) is 96.3 Å². The summed E-state index contributed by atoms with van der Waals surface area (Å²) in [6, 6.07) is 5.63. The molecule has 0 amide bonds. The summed E-state index contributed by atoms with van der Waals surface area (Å²) in [5.41, 5.74) is 0.888. The second kappa shape index (κ2) is 5.23. The van der Waals surface area contributed by atoms with E-state index in [2.05, 4.69) is 35.9 Å². The molecule has 3 heterocycles. The monoisotopic (exact) mass is 284 g/mol. The number of aromatic nitrogens is 6. The maximum absolute atomic E-state index is 4.48. The fourth-order valence-electron chi connectivity index (χ4n) is 2.02. The van der Waals surface area contributed by atoms with Crippen LogP contribution in [0.5, 0.6) is 0 Å². The van der Waals surface area contributed by atoms with E-state index in [1.54, 1.807) is 10.9 Å². The van der Waals surface area contributed by atoms with E-state index in [0.29, 0.717) is 11.6 Å². The average molecular weight is 284 g/mol. The molecule has 8 nitrogen and oxygen atoms in total. The van der Waals surface area contributed by atoms with Crippen molar-refractivity contribution in [3.05, 3.63) is 35.9 Å². The first kappa shape index (κ1) is 13.1. The zero-order valence-corrected chi connectivity index (χ0v) is 12.0. The molecule has 3 aromatic rings. The molecular weight excluding hydrogens is 268 g/mol. The van der Waals surface area contributed by atoms with Crippen molar-refractivity contribution < 1.29 is 0 Å². The molecule has 8 heteroatoms. The highest BCUT2D eigenvalue weighted by molar-refractivity contribution is 5.55. The maximum Gasteiger partial charge on any atom is 0.161 e. The van der Waals surface area contributed by atoms with Gasteiger partial charge in [0.2, 0.25) is 0 Å². The van der Waals surface area contributed by atoms with Gasteiger partial charge in [-0.15, -0.1) is 0 Å². The van der Waals surface area contributed by atoms with E-state index >= 15 is 0 Å². The third kappa shape index (κ3) is 2.69. The molecule has 3 aromatic heterocycles. The van der Waals surface area contributed by atoms with Gasteiger partial charge in [0, 0.05) is 25.2 Å². The minimum atomic E-state index is 0.678. The van der Waals surface area contributed by atoms with Crippen LogP contribution in [0.25, 0.3) is 5.82 Å². The Labute approximate surface area is 121 Å². The zero-order valence-electron chi connectivity index (χ0n) is 12.0. The Bertz CT molecular complexity index is 744. The molecule has 0 fully saturated rings. The average Bonchev–Trinajstić information content (AvgIpc) is 3.08. The summed E-state index contributed by atoms with van der Waals surface area (Å²) >= 11 is 0. The Hall–Kier alpha value is -2.90. The van der Waals surface area contributed by atoms with Crippen molar-refractivity contribution in [3.8, 4) is 5.82 Å². The summed E-state index contributed by atoms with van der Waals surface area (Å²) in [4.78, 5) is 8.73. The molecule has 0 radical (unpaired) electrons. The number of aromatic amines is 1. The smallest absolute Gasteiger partial charge is 0.161 e. The molecule has 0 saturated heterocycles. The van der Waals surface area contributed by atoms with Crippen LogP contribution in [0.2, 0.25) is 0 Å². The lowest BCUT2D eigenvalue weighted by molar-refractivity contribution is 0.823. The van der Waals surface area contributed by atoms with E-state index in [1.165, 1.54) is 0 Å². The van der Waals surface area contributed by atoms with E-state index in [1.807, 2.05) is 39.1 Å². The Morgan fingerprint density at radius 3 is 2.76 bits per heavy atom. The van der Waals surface area contributed by atoms with Crippen LogP contribution in [0.4, 0.5) is 17.5 Å². The summed E-state index contributed by atoms with van der Waals surface area (Å²) < 4.78 is 1.74. The van der Waals surface area contributed by atoms with Crippen molar-refractivity contribution >= 4 is 17.5 Å². The summed E-state index contributed by atoms with van der Waals surface area (Å²) in [6.45, 7) is 3.78. The van der Waals surface area contributed by atoms with Gasteiger partial charge in [-0.25, -0.2) is 9.97 Å². The fourth-order valence-corrected chi connectivity index (χ4v) is 2.02. The third-order valence-corrected chi connectivity index (χ3v) is 2.89. The van der Waals surface area contributed by atoms with Gasteiger partial charge in [-0.05, 0) is 13.8 Å².